The molecule has 1 aliphatic heterocycles. The van der Waals surface area contributed by atoms with Gasteiger partial charge < -0.3 is 10.2 Å². The van der Waals surface area contributed by atoms with Gasteiger partial charge in [-0.25, -0.2) is 4.68 Å². The Kier molecular flexibility index (Phi) is 5.76. The maximum atomic E-state index is 12.9. The summed E-state index contributed by atoms with van der Waals surface area (Å²) in [6.07, 6.45) is 0.986. The lowest BCUT2D eigenvalue weighted by atomic mass is 10.2. The molecular formula is C19H21ClN4OS. The molecule has 1 aromatic carbocycles. The standard InChI is InChI=1S/C19H20N4OS.ClH/c1-22(15-9-10-20-13-15)19(24)16-12-17(18-8-5-11-25-18)23(21-16)14-6-3-2-4-7-14;/h2-8,11-12,15,20H,9-10,13H2,1H3;1H. The van der Waals surface area contributed by atoms with Crippen molar-refractivity contribution in [1.29, 1.82) is 0 Å². The first-order valence-corrected chi connectivity index (χ1v) is 9.29. The minimum absolute atomic E-state index is 0. The Morgan fingerprint density at radius 1 is 1.27 bits per heavy atom. The maximum absolute atomic E-state index is 12.9. The van der Waals surface area contributed by atoms with Crippen molar-refractivity contribution in [1.82, 2.24) is 20.0 Å². The number of nitrogens with one attached hydrogen (secondary N) is 1. The maximum Gasteiger partial charge on any atom is 0.274 e. The molecule has 0 radical (unpaired) electrons. The lowest BCUT2D eigenvalue weighted by Crippen LogP contribution is -2.38. The van der Waals surface area contributed by atoms with E-state index in [-0.39, 0.29) is 24.4 Å². The summed E-state index contributed by atoms with van der Waals surface area (Å²) in [5.41, 5.74) is 2.39. The minimum Gasteiger partial charge on any atom is -0.336 e. The van der Waals surface area contributed by atoms with E-state index in [0.29, 0.717) is 5.69 Å². The molecular weight excluding hydrogens is 368 g/mol. The second-order valence-electron chi connectivity index (χ2n) is 6.20. The van der Waals surface area contributed by atoms with Crippen molar-refractivity contribution in [3.05, 3.63) is 59.6 Å². The lowest BCUT2D eigenvalue weighted by Gasteiger charge is -2.22. The quantitative estimate of drug-likeness (QED) is 0.744. The van der Waals surface area contributed by atoms with Crippen molar-refractivity contribution >= 4 is 29.7 Å². The van der Waals surface area contributed by atoms with Crippen LogP contribution in [-0.2, 0) is 0 Å². The van der Waals surface area contributed by atoms with E-state index in [1.807, 2.05) is 64.5 Å². The third-order valence-electron chi connectivity index (χ3n) is 4.61. The fourth-order valence-corrected chi connectivity index (χ4v) is 3.89. The summed E-state index contributed by atoms with van der Waals surface area (Å²) in [5.74, 6) is -0.0267. The molecule has 1 N–H and O–H groups in total. The molecule has 1 saturated heterocycles. The molecule has 1 atom stereocenters. The van der Waals surface area contributed by atoms with E-state index >= 15 is 0 Å². The summed E-state index contributed by atoms with van der Waals surface area (Å²) in [6, 6.07) is 16.1. The monoisotopic (exact) mass is 388 g/mol. The number of carbonyl (C=O) groups excluding carboxylic acids is 1. The predicted molar refractivity (Wildman–Crippen MR) is 107 cm³/mol. The Balaban J connectivity index is 0.00000196. The van der Waals surface area contributed by atoms with Gasteiger partial charge in [0.05, 0.1) is 16.3 Å². The molecule has 0 bridgehead atoms. The van der Waals surface area contributed by atoms with Crippen molar-refractivity contribution in [2.24, 2.45) is 0 Å². The molecule has 0 spiro atoms. The highest BCUT2D eigenvalue weighted by molar-refractivity contribution is 7.13. The van der Waals surface area contributed by atoms with Crippen molar-refractivity contribution in [2.75, 3.05) is 20.1 Å². The van der Waals surface area contributed by atoms with Gasteiger partial charge in [-0.2, -0.15) is 5.10 Å². The van der Waals surface area contributed by atoms with Gasteiger partial charge in [-0.05, 0) is 42.6 Å². The third kappa shape index (κ3) is 3.53. The van der Waals surface area contributed by atoms with E-state index in [1.54, 1.807) is 11.3 Å². The smallest absolute Gasteiger partial charge is 0.274 e. The Morgan fingerprint density at radius 3 is 2.73 bits per heavy atom. The first-order chi connectivity index (χ1) is 12.2. The molecule has 0 saturated carbocycles. The molecule has 7 heteroatoms. The summed E-state index contributed by atoms with van der Waals surface area (Å²) in [6.45, 7) is 1.81. The van der Waals surface area contributed by atoms with Crippen LogP contribution in [0.5, 0.6) is 0 Å². The number of benzene rings is 1. The number of hydrogen-bond donors (Lipinski definition) is 1. The summed E-state index contributed by atoms with van der Waals surface area (Å²) in [5, 5.41) is 9.98. The van der Waals surface area contributed by atoms with Crippen LogP contribution in [0.1, 0.15) is 16.9 Å². The van der Waals surface area contributed by atoms with Crippen molar-refractivity contribution in [2.45, 2.75) is 12.5 Å². The van der Waals surface area contributed by atoms with Gasteiger partial charge >= 0.3 is 0 Å². The highest BCUT2D eigenvalue weighted by Crippen LogP contribution is 2.28. The number of carbonyl (C=O) groups is 1. The van der Waals surface area contributed by atoms with Gasteiger partial charge in [0.15, 0.2) is 5.69 Å². The topological polar surface area (TPSA) is 50.2 Å². The van der Waals surface area contributed by atoms with Crippen LogP contribution >= 0.6 is 23.7 Å². The first kappa shape index (κ1) is 18.6. The van der Waals surface area contributed by atoms with Gasteiger partial charge in [0.2, 0.25) is 0 Å². The van der Waals surface area contributed by atoms with Crippen LogP contribution in [0.4, 0.5) is 0 Å². The summed E-state index contributed by atoms with van der Waals surface area (Å²) >= 11 is 1.65. The SMILES string of the molecule is CN(C(=O)c1cc(-c2cccs2)n(-c2ccccc2)n1)C1CCNC1.Cl. The number of para-hydroxylation sites is 1. The fourth-order valence-electron chi connectivity index (χ4n) is 3.17. The van der Waals surface area contributed by atoms with Crippen LogP contribution in [0.3, 0.4) is 0 Å². The zero-order chi connectivity index (χ0) is 17.2. The summed E-state index contributed by atoms with van der Waals surface area (Å²) in [7, 11) is 1.87. The highest BCUT2D eigenvalue weighted by atomic mass is 35.5. The van der Waals surface area contributed by atoms with E-state index < -0.39 is 0 Å². The zero-order valence-corrected chi connectivity index (χ0v) is 16.1. The van der Waals surface area contributed by atoms with Crippen LogP contribution in [0.25, 0.3) is 16.3 Å². The van der Waals surface area contributed by atoms with Crippen molar-refractivity contribution in [3.63, 3.8) is 0 Å². The molecule has 5 nitrogen and oxygen atoms in total. The van der Waals surface area contributed by atoms with E-state index in [1.165, 1.54) is 0 Å². The number of hydrogen-bond acceptors (Lipinski definition) is 4. The normalized spacial score (nSPS) is 16.3. The number of likely N-dealkylation sites (N-methyl/N-ethyl adjacent to an activating group) is 1. The fraction of sp³-hybridized carbons (Fsp3) is 0.263. The first-order valence-electron chi connectivity index (χ1n) is 8.41. The van der Waals surface area contributed by atoms with Gasteiger partial charge in [-0.15, -0.1) is 23.7 Å². The number of thiophene rings is 1. The lowest BCUT2D eigenvalue weighted by molar-refractivity contribution is 0.0737. The summed E-state index contributed by atoms with van der Waals surface area (Å²) < 4.78 is 1.86. The van der Waals surface area contributed by atoms with E-state index in [9.17, 15) is 4.79 Å². The summed E-state index contributed by atoms with van der Waals surface area (Å²) in [4.78, 5) is 15.8. The second kappa shape index (κ2) is 8.03. The van der Waals surface area contributed by atoms with Crippen LogP contribution in [-0.4, -0.2) is 46.8 Å². The van der Waals surface area contributed by atoms with Crippen LogP contribution in [0, 0.1) is 0 Å². The van der Waals surface area contributed by atoms with Gasteiger partial charge in [-0.1, -0.05) is 24.3 Å². The number of nitrogens with zero attached hydrogens (tertiary/aromatic N) is 3. The third-order valence-corrected chi connectivity index (χ3v) is 5.50. The van der Waals surface area contributed by atoms with Gasteiger partial charge in [0.1, 0.15) is 0 Å². The highest BCUT2D eigenvalue weighted by Gasteiger charge is 2.26. The van der Waals surface area contributed by atoms with Gasteiger partial charge in [0.25, 0.3) is 5.91 Å². The molecule has 3 heterocycles. The molecule has 1 aliphatic rings. The Hall–Kier alpha value is -2.15. The molecule has 4 rings (SSSR count). The van der Waals surface area contributed by atoms with E-state index in [4.69, 9.17) is 0 Å². The van der Waals surface area contributed by atoms with Crippen LogP contribution < -0.4 is 5.32 Å². The molecule has 1 fully saturated rings. The van der Waals surface area contributed by atoms with Crippen LogP contribution in [0.15, 0.2) is 53.9 Å². The average molecular weight is 389 g/mol. The van der Waals surface area contributed by atoms with Gasteiger partial charge in [0, 0.05) is 19.6 Å². The molecule has 3 aromatic rings. The average Bonchev–Trinajstić information content (AvgIpc) is 3.42. The molecule has 1 unspecified atom stereocenters. The van der Waals surface area contributed by atoms with E-state index in [2.05, 4.69) is 16.5 Å². The minimum atomic E-state index is -0.0267. The zero-order valence-electron chi connectivity index (χ0n) is 14.5. The Morgan fingerprint density at radius 2 is 2.08 bits per heavy atom. The second-order valence-corrected chi connectivity index (χ2v) is 7.15. The number of halogens is 1. The van der Waals surface area contributed by atoms with Crippen molar-refractivity contribution in [3.8, 4) is 16.3 Å². The molecule has 2 aromatic heterocycles. The molecule has 0 aliphatic carbocycles. The van der Waals surface area contributed by atoms with Gasteiger partial charge in [-0.3, -0.25) is 4.79 Å². The number of aromatic nitrogens is 2. The Bertz CT molecular complexity index is 857. The number of rotatable bonds is 4. The van der Waals surface area contributed by atoms with Crippen LogP contribution in [0.2, 0.25) is 0 Å². The largest absolute Gasteiger partial charge is 0.336 e. The molecule has 136 valence electrons. The van der Waals surface area contributed by atoms with Crippen molar-refractivity contribution < 1.29 is 4.79 Å². The molecule has 1 amide bonds. The number of amides is 1. The van der Waals surface area contributed by atoms with E-state index in [0.717, 1.165) is 35.8 Å². The predicted octanol–water partition coefficient (Wildman–Crippen LogP) is 3.46. The Labute approximate surface area is 163 Å². The molecule has 26 heavy (non-hydrogen) atoms.